The number of benzene rings is 2. The Hall–Kier alpha value is -6.13. The maximum atomic E-state index is 13.9. The lowest BCUT2D eigenvalue weighted by molar-refractivity contribution is -0.0807. The van der Waals surface area contributed by atoms with Gasteiger partial charge in [0.15, 0.2) is 34.0 Å². The van der Waals surface area contributed by atoms with Crippen LogP contribution >= 0.6 is 7.74 Å². The van der Waals surface area contributed by atoms with Crippen molar-refractivity contribution in [1.29, 1.82) is 0 Å². The van der Waals surface area contributed by atoms with E-state index in [4.69, 9.17) is 39.1 Å². The molecule has 0 bridgehead atoms. The molecule has 4 aromatic heterocycles. The van der Waals surface area contributed by atoms with Gasteiger partial charge >= 0.3 is 7.74 Å². The van der Waals surface area contributed by atoms with Crippen molar-refractivity contribution in [2.75, 3.05) is 37.0 Å². The van der Waals surface area contributed by atoms with Crippen LogP contribution in [0.15, 0.2) is 90.1 Å². The molecule has 2 saturated heterocycles. The molecule has 2 amide bonds. The largest absolute Gasteiger partial charge is 0.376 e. The number of aromatic nitrogens is 8. The van der Waals surface area contributed by atoms with Gasteiger partial charge in [0.1, 0.15) is 50.0 Å². The molecule has 0 aliphatic carbocycles. The van der Waals surface area contributed by atoms with Gasteiger partial charge in [-0.15, -0.1) is 4.15 Å². The quantitative estimate of drug-likeness (QED) is 0.0418. The summed E-state index contributed by atoms with van der Waals surface area (Å²) in [5.74, 6) is -0.380. The molecule has 2 aliphatic rings. The number of anilines is 2. The summed E-state index contributed by atoms with van der Waals surface area (Å²) in [7, 11) is -8.70. The van der Waals surface area contributed by atoms with Crippen molar-refractivity contribution in [2.45, 2.75) is 109 Å². The smallest absolute Gasteiger partial charge is 0.371 e. The Kier molecular flexibility index (Phi) is 16.3. The Labute approximate surface area is 410 Å². The van der Waals surface area contributed by atoms with E-state index < -0.39 is 59.9 Å². The number of rotatable bonds is 21. The lowest BCUT2D eigenvalue weighted by Crippen LogP contribution is -2.33. The molecule has 71 heavy (non-hydrogen) atoms. The van der Waals surface area contributed by atoms with Gasteiger partial charge in [-0.2, -0.15) is 0 Å². The van der Waals surface area contributed by atoms with Gasteiger partial charge in [-0.25, -0.2) is 44.9 Å². The van der Waals surface area contributed by atoms with E-state index in [1.54, 1.807) is 63.7 Å². The third-order valence-electron chi connectivity index (χ3n) is 11.2. The van der Waals surface area contributed by atoms with Gasteiger partial charge < -0.3 is 34.4 Å². The minimum Gasteiger partial charge on any atom is -0.376 e. The highest BCUT2D eigenvalue weighted by molar-refractivity contribution is 7.93. The predicted octanol–water partition coefficient (Wildman–Crippen LogP) is 6.99. The van der Waals surface area contributed by atoms with E-state index in [1.165, 1.54) is 39.2 Å². The van der Waals surface area contributed by atoms with Crippen LogP contribution in [0.2, 0.25) is 0 Å². The number of carbonyl (C=O) groups excluding carboxylic acids is 2. The maximum Gasteiger partial charge on any atom is 0.371 e. The molecule has 23 nitrogen and oxygen atoms in total. The standard InChI is InChI=1S/C46H55N12O11PS/c1-28(2)63-22-35-34(21-38(67-35)58-27-53-40-42(49-25-51-44(40)58)55-46(60)32-16-12-9-13-17-32)69-70(64-19-18-47-7,56-71(61,62)30(5)6)65-23-36-33(66-29(3)4)20-37(68-36)57-26-52-39-41(48-24-50-43(39)57)54-45(59)31-14-10-8-11-15-31/h8-17,24-30,33-38H,18-23H2,1-6H3,(H,48,50,54,59)(H,49,51,55,60)/t33-,34-,35?,36?,37?,38?,70?/m1/s1. The van der Waals surface area contributed by atoms with Crippen LogP contribution in [0.3, 0.4) is 0 Å². The second-order valence-corrected chi connectivity index (χ2v) is 21.6. The number of sulfonamides is 1. The van der Waals surface area contributed by atoms with Crippen molar-refractivity contribution < 1.29 is 50.5 Å². The highest BCUT2D eigenvalue weighted by Crippen LogP contribution is 2.58. The minimum absolute atomic E-state index is 0.00952. The molecule has 0 saturated carbocycles. The van der Waals surface area contributed by atoms with Gasteiger partial charge in [-0.1, -0.05) is 36.4 Å². The fraction of sp³-hybridized carbons (Fsp3) is 0.457. The van der Waals surface area contributed by atoms with E-state index in [2.05, 4.69) is 49.5 Å². The Balaban J connectivity index is 1.09. The van der Waals surface area contributed by atoms with Gasteiger partial charge in [-0.05, 0) is 65.8 Å². The van der Waals surface area contributed by atoms with E-state index in [1.807, 2.05) is 33.8 Å². The van der Waals surface area contributed by atoms with Gasteiger partial charge in [0.25, 0.3) is 21.8 Å². The minimum atomic E-state index is -4.37. The normalized spacial score (nSPS) is 21.2. The summed E-state index contributed by atoms with van der Waals surface area (Å²) in [6, 6.07) is 17.4. The van der Waals surface area contributed by atoms with Crippen molar-refractivity contribution in [3.05, 3.63) is 109 Å². The molecule has 6 aromatic rings. The van der Waals surface area contributed by atoms with E-state index in [0.717, 1.165) is 0 Å². The molecule has 5 unspecified atom stereocenters. The first-order chi connectivity index (χ1) is 34.1. The molecule has 2 aromatic carbocycles. The van der Waals surface area contributed by atoms with E-state index in [-0.39, 0.29) is 74.9 Å². The average molecular weight is 1020 g/mol. The summed E-state index contributed by atoms with van der Waals surface area (Å²) in [4.78, 5) is 56.2. The summed E-state index contributed by atoms with van der Waals surface area (Å²) in [6.07, 6.45) is 0.694. The Morgan fingerprint density at radius 3 is 1.76 bits per heavy atom. The number of hydrogen-bond donors (Lipinski definition) is 2. The summed E-state index contributed by atoms with van der Waals surface area (Å²) in [5.41, 5.74) is 2.19. The van der Waals surface area contributed by atoms with Gasteiger partial charge in [0.2, 0.25) is 6.54 Å². The van der Waals surface area contributed by atoms with E-state index >= 15 is 0 Å². The number of ether oxygens (including phenoxy) is 4. The third kappa shape index (κ3) is 12.1. The second kappa shape index (κ2) is 22.5. The van der Waals surface area contributed by atoms with Crippen LogP contribution in [0.25, 0.3) is 27.2 Å². The van der Waals surface area contributed by atoms with Crippen molar-refractivity contribution in [1.82, 2.24) is 39.0 Å². The summed E-state index contributed by atoms with van der Waals surface area (Å²) in [6.45, 7) is 17.1. The van der Waals surface area contributed by atoms with Crippen LogP contribution in [0, 0.1) is 6.57 Å². The van der Waals surface area contributed by atoms with Gasteiger partial charge in [-0.3, -0.25) is 32.3 Å². The molecule has 2 aliphatic heterocycles. The zero-order valence-corrected chi connectivity index (χ0v) is 41.6. The lowest BCUT2D eigenvalue weighted by Gasteiger charge is -2.30. The molecular formula is C46H55N12O11PS. The second-order valence-electron chi connectivity index (χ2n) is 17.3. The van der Waals surface area contributed by atoms with Crippen LogP contribution in [-0.2, 0) is 42.5 Å². The average Bonchev–Trinajstić information content (AvgIpc) is 4.16. The third-order valence-corrected chi connectivity index (χ3v) is 15.6. The van der Waals surface area contributed by atoms with Crippen LogP contribution in [0.1, 0.15) is 87.6 Å². The molecule has 8 rings (SSSR count). The van der Waals surface area contributed by atoms with Gasteiger partial charge in [0.05, 0.1) is 49.4 Å². The molecule has 25 heteroatoms. The topological polar surface area (TPSA) is 261 Å². The Morgan fingerprint density at radius 1 is 0.746 bits per heavy atom. The fourth-order valence-electron chi connectivity index (χ4n) is 7.72. The SMILES string of the molecule is [C-]#[N+]CCOP(=NS(=O)(=O)C(C)C)(OCC1OC(n2cnc3c(NC(=O)c4ccccc4)ncnc32)C[C@H]1OC(C)C)O[C@@H]1CC(n2cnc3c(NC(=O)c4ccccc4)ncnc32)OC1COC(C)C. The molecule has 2 fully saturated rings. The Morgan fingerprint density at radius 2 is 1.27 bits per heavy atom. The number of nitrogens with zero attached hydrogens (tertiary/aromatic N) is 10. The summed E-state index contributed by atoms with van der Waals surface area (Å²) < 4.78 is 80.7. The monoisotopic (exact) mass is 1010 g/mol. The number of hydrogen-bond acceptors (Lipinski definition) is 17. The first-order valence-electron chi connectivity index (χ1n) is 23.0. The molecular weight excluding hydrogens is 960 g/mol. The molecule has 2 N–H and O–H groups in total. The molecule has 6 heterocycles. The Bertz CT molecular complexity index is 3020. The van der Waals surface area contributed by atoms with Crippen LogP contribution in [-0.4, -0.2) is 128 Å². The highest BCUT2D eigenvalue weighted by Gasteiger charge is 2.46. The zero-order valence-electron chi connectivity index (χ0n) is 39.8. The van der Waals surface area contributed by atoms with Crippen LogP contribution in [0.4, 0.5) is 11.6 Å². The van der Waals surface area contributed by atoms with E-state index in [0.29, 0.717) is 33.5 Å². The summed E-state index contributed by atoms with van der Waals surface area (Å²) in [5, 5.41) is 4.62. The highest BCUT2D eigenvalue weighted by atomic mass is 32.2. The van der Waals surface area contributed by atoms with Crippen LogP contribution in [0.5, 0.6) is 0 Å². The molecule has 0 radical (unpaired) electrons. The molecule has 376 valence electrons. The van der Waals surface area contributed by atoms with Gasteiger partial charge in [0, 0.05) is 24.0 Å². The van der Waals surface area contributed by atoms with Crippen molar-refractivity contribution in [3.8, 4) is 0 Å². The zero-order chi connectivity index (χ0) is 50.3. The fourth-order valence-corrected chi connectivity index (χ4v) is 11.5. The van der Waals surface area contributed by atoms with Crippen LogP contribution < -0.4 is 10.6 Å². The molecule has 0 spiro atoms. The lowest BCUT2D eigenvalue weighted by atomic mass is 10.2. The van der Waals surface area contributed by atoms with E-state index in [9.17, 15) is 18.0 Å². The molecule has 7 atom stereocenters. The predicted molar refractivity (Wildman–Crippen MR) is 259 cm³/mol. The number of amides is 2. The number of imidazole rings is 2. The summed E-state index contributed by atoms with van der Waals surface area (Å²) >= 11 is 0. The first kappa shape index (κ1) is 51.2. The maximum absolute atomic E-state index is 13.9. The van der Waals surface area contributed by atoms with Crippen molar-refractivity contribution in [2.24, 2.45) is 4.15 Å². The first-order valence-corrected chi connectivity index (χ1v) is 26.0. The number of fused-ring (bicyclic) bond motifs is 2. The number of nitrogens with one attached hydrogen (secondary N) is 2. The van der Waals surface area contributed by atoms with Crippen molar-refractivity contribution in [3.63, 3.8) is 0 Å². The van der Waals surface area contributed by atoms with Crippen molar-refractivity contribution >= 4 is 63.5 Å². The number of carbonyl (C=O) groups is 2.